The van der Waals surface area contributed by atoms with E-state index < -0.39 is 0 Å². The van der Waals surface area contributed by atoms with Crippen molar-refractivity contribution < 1.29 is 0 Å². The number of benzene rings is 6. The molecule has 0 atom stereocenters. The fourth-order valence-electron chi connectivity index (χ4n) is 9.37. The van der Waals surface area contributed by atoms with E-state index in [-0.39, 0.29) is 16.6 Å². The maximum Gasteiger partial charge on any atom is 0.164 e. The topological polar surface area (TPSA) is 53.5 Å². The van der Waals surface area contributed by atoms with E-state index in [0.717, 1.165) is 16.7 Å². The van der Waals surface area contributed by atoms with E-state index >= 15 is 0 Å². The summed E-state index contributed by atoms with van der Waals surface area (Å²) < 4.78 is 7.81. The predicted molar refractivity (Wildman–Crippen MR) is 240 cm³/mol. The molecule has 4 aromatic heterocycles. The van der Waals surface area contributed by atoms with Crippen molar-refractivity contribution in [1.82, 2.24) is 28.7 Å². The molecule has 57 heavy (non-hydrogen) atoms. The first kappa shape index (κ1) is 35.2. The van der Waals surface area contributed by atoms with Crippen molar-refractivity contribution >= 4 is 65.4 Å². The Labute approximate surface area is 333 Å². The second-order valence-electron chi connectivity index (χ2n) is 18.5. The molecule has 0 spiro atoms. The molecule has 0 fully saturated rings. The highest BCUT2D eigenvalue weighted by Crippen LogP contribution is 2.51. The molecule has 0 aliphatic heterocycles. The van der Waals surface area contributed by atoms with Crippen molar-refractivity contribution in [2.24, 2.45) is 0 Å². The van der Waals surface area contributed by atoms with Crippen LogP contribution in [0, 0.1) is 0 Å². The zero-order chi connectivity index (χ0) is 39.6. The van der Waals surface area contributed by atoms with Gasteiger partial charge in [0, 0.05) is 82.2 Å². The highest BCUT2D eigenvalue weighted by molar-refractivity contribution is 6.39. The fourth-order valence-corrected chi connectivity index (χ4v) is 9.37. The van der Waals surface area contributed by atoms with Crippen molar-refractivity contribution in [3.8, 4) is 34.2 Å². The van der Waals surface area contributed by atoms with Crippen LogP contribution < -0.4 is 0 Å². The van der Waals surface area contributed by atoms with Gasteiger partial charge in [-0.3, -0.25) is 0 Å². The van der Waals surface area contributed by atoms with Gasteiger partial charge in [-0.05, 0) is 92.6 Å². The van der Waals surface area contributed by atoms with Crippen LogP contribution in [0.2, 0.25) is 0 Å². The van der Waals surface area contributed by atoms with E-state index in [1.165, 1.54) is 65.4 Å². The molecule has 0 radical (unpaired) electrons. The first-order valence-corrected chi connectivity index (χ1v) is 20.1. The van der Waals surface area contributed by atoms with Gasteiger partial charge in [0.25, 0.3) is 0 Å². The summed E-state index contributed by atoms with van der Waals surface area (Å²) in [7, 11) is 0. The fraction of sp³-hybridized carbons (Fsp3) is 0.235. The van der Waals surface area contributed by atoms with Crippen LogP contribution in [-0.4, -0.2) is 28.7 Å². The molecule has 0 amide bonds. The smallest absolute Gasteiger partial charge is 0.164 e. The standard InChI is InChI=1S/C51H48N6/c1-49(2,3)55-37-26-18-16-24-34(37)41-43(55)40-35-25-17-19-27-38(35)56(50(4,5)6)44(40)42-36-30-33(28-29-39(36)57(45(41)42)51(7,8)9)48-53-46(31-20-12-10-13-21-31)52-47(54-48)32-22-14-11-15-23-32/h10-30H,1-9H3. The summed E-state index contributed by atoms with van der Waals surface area (Å²) >= 11 is 0. The van der Waals surface area contributed by atoms with E-state index in [4.69, 9.17) is 15.0 Å². The van der Waals surface area contributed by atoms with Crippen LogP contribution in [0.1, 0.15) is 62.3 Å². The van der Waals surface area contributed by atoms with Crippen LogP contribution in [0.3, 0.4) is 0 Å². The average Bonchev–Trinajstić information content (AvgIpc) is 3.84. The number of para-hydroxylation sites is 2. The Morgan fingerprint density at radius 3 is 1.07 bits per heavy atom. The van der Waals surface area contributed by atoms with Crippen LogP contribution in [0.5, 0.6) is 0 Å². The maximum atomic E-state index is 5.18. The van der Waals surface area contributed by atoms with Crippen LogP contribution in [0.4, 0.5) is 0 Å². The van der Waals surface area contributed by atoms with Gasteiger partial charge in [-0.25, -0.2) is 15.0 Å². The van der Waals surface area contributed by atoms with Crippen LogP contribution in [0.15, 0.2) is 127 Å². The molecule has 0 aliphatic rings. The molecule has 6 aromatic carbocycles. The molecule has 10 rings (SSSR count). The van der Waals surface area contributed by atoms with Gasteiger partial charge in [-0.15, -0.1) is 0 Å². The van der Waals surface area contributed by atoms with E-state index in [1.54, 1.807) is 0 Å². The SMILES string of the molecule is CC(C)(C)n1c2ccccc2c2c1c1c3ccccc3n(C(C)(C)C)c1c1c3cc(-c4nc(-c5ccccc5)nc(-c5ccccc5)n4)ccc3n(C(C)(C)C)c21. The van der Waals surface area contributed by atoms with Crippen LogP contribution in [0.25, 0.3) is 99.6 Å². The molecule has 4 heterocycles. The Hall–Kier alpha value is -6.27. The largest absolute Gasteiger partial charge is 0.334 e. The summed E-state index contributed by atoms with van der Waals surface area (Å²) in [6.07, 6.45) is 0. The van der Waals surface area contributed by atoms with Crippen LogP contribution in [-0.2, 0) is 16.6 Å². The number of hydrogen-bond acceptors (Lipinski definition) is 3. The minimum absolute atomic E-state index is 0.190. The van der Waals surface area contributed by atoms with Crippen LogP contribution >= 0.6 is 0 Å². The number of rotatable bonds is 3. The summed E-state index contributed by atoms with van der Waals surface area (Å²) in [6, 6.07) is 45.3. The Morgan fingerprint density at radius 2 is 0.667 bits per heavy atom. The molecule has 0 N–H and O–H groups in total. The van der Waals surface area contributed by atoms with Gasteiger partial charge in [0.05, 0.1) is 16.6 Å². The predicted octanol–water partition coefficient (Wildman–Crippen LogP) is 13.5. The lowest BCUT2D eigenvalue weighted by Gasteiger charge is -2.27. The zero-order valence-electron chi connectivity index (χ0n) is 34.3. The molecule has 6 heteroatoms. The molecule has 0 saturated carbocycles. The van der Waals surface area contributed by atoms with Crippen molar-refractivity contribution in [1.29, 1.82) is 0 Å². The molecule has 0 bridgehead atoms. The average molecular weight is 745 g/mol. The number of fused-ring (bicyclic) bond motifs is 12. The third-order valence-electron chi connectivity index (χ3n) is 11.4. The Bertz CT molecular complexity index is 3110. The third-order valence-corrected chi connectivity index (χ3v) is 11.4. The first-order chi connectivity index (χ1) is 27.2. The molecule has 0 saturated heterocycles. The summed E-state index contributed by atoms with van der Waals surface area (Å²) in [6.45, 7) is 21.0. The number of hydrogen-bond donors (Lipinski definition) is 0. The van der Waals surface area contributed by atoms with E-state index in [9.17, 15) is 0 Å². The summed E-state index contributed by atoms with van der Waals surface area (Å²) in [5.41, 5.74) is 9.69. The monoisotopic (exact) mass is 744 g/mol. The maximum absolute atomic E-state index is 5.18. The Balaban J connectivity index is 1.45. The quantitative estimate of drug-likeness (QED) is 0.181. The molecule has 282 valence electrons. The van der Waals surface area contributed by atoms with Gasteiger partial charge < -0.3 is 13.7 Å². The lowest BCUT2D eigenvalue weighted by atomic mass is 9.99. The molecule has 6 nitrogen and oxygen atoms in total. The van der Waals surface area contributed by atoms with Crippen molar-refractivity contribution in [2.45, 2.75) is 78.9 Å². The second-order valence-corrected chi connectivity index (χ2v) is 18.5. The van der Waals surface area contributed by atoms with Gasteiger partial charge >= 0.3 is 0 Å². The number of aromatic nitrogens is 6. The normalized spacial score (nSPS) is 13.0. The minimum atomic E-state index is -0.250. The third kappa shape index (κ3) is 5.26. The van der Waals surface area contributed by atoms with E-state index in [0.29, 0.717) is 17.5 Å². The Kier molecular flexibility index (Phi) is 7.47. The van der Waals surface area contributed by atoms with E-state index in [2.05, 4.69) is 167 Å². The van der Waals surface area contributed by atoms with Crippen molar-refractivity contribution in [3.05, 3.63) is 127 Å². The van der Waals surface area contributed by atoms with Gasteiger partial charge in [0.2, 0.25) is 0 Å². The lowest BCUT2D eigenvalue weighted by molar-refractivity contribution is 0.421. The Morgan fingerprint density at radius 1 is 0.333 bits per heavy atom. The van der Waals surface area contributed by atoms with Gasteiger partial charge in [-0.2, -0.15) is 0 Å². The van der Waals surface area contributed by atoms with Crippen molar-refractivity contribution in [2.75, 3.05) is 0 Å². The van der Waals surface area contributed by atoms with Gasteiger partial charge in [-0.1, -0.05) is 97.1 Å². The first-order valence-electron chi connectivity index (χ1n) is 20.1. The zero-order valence-corrected chi connectivity index (χ0v) is 34.3. The van der Waals surface area contributed by atoms with Gasteiger partial charge in [0.1, 0.15) is 0 Å². The lowest BCUT2D eigenvalue weighted by Crippen LogP contribution is -2.23. The van der Waals surface area contributed by atoms with Gasteiger partial charge in [0.15, 0.2) is 17.5 Å². The molecular formula is C51H48N6. The summed E-state index contributed by atoms with van der Waals surface area (Å²) in [5, 5.41) is 7.58. The second kappa shape index (κ2) is 12.1. The summed E-state index contributed by atoms with van der Waals surface area (Å²) in [4.78, 5) is 15.4. The summed E-state index contributed by atoms with van der Waals surface area (Å²) in [5.74, 6) is 1.96. The van der Waals surface area contributed by atoms with Crippen molar-refractivity contribution in [3.63, 3.8) is 0 Å². The molecular weight excluding hydrogens is 697 g/mol. The minimum Gasteiger partial charge on any atom is -0.334 e. The highest BCUT2D eigenvalue weighted by Gasteiger charge is 2.34. The molecule has 10 aromatic rings. The highest BCUT2D eigenvalue weighted by atomic mass is 15.1. The molecule has 0 aliphatic carbocycles. The number of nitrogens with zero attached hydrogens (tertiary/aromatic N) is 6. The molecule has 0 unspecified atom stereocenters. The van der Waals surface area contributed by atoms with E-state index in [1.807, 2.05) is 36.4 Å².